The number of carbonyl (C=O) groups excluding carboxylic acids is 4. The van der Waals surface area contributed by atoms with Crippen LogP contribution < -0.4 is 0 Å². The Morgan fingerprint density at radius 1 is 0.282 bits per heavy atom. The average Bonchev–Trinajstić information content (AvgIpc) is 0.913. The maximum absolute atomic E-state index is 13.1. The monoisotopic (exact) mass is 1510 g/mol. The van der Waals surface area contributed by atoms with Crippen molar-refractivity contribution in [1.82, 2.24) is 0 Å². The summed E-state index contributed by atoms with van der Waals surface area (Å²) in [6, 6.07) is 0. The lowest BCUT2D eigenvalue weighted by atomic mass is 10.00. The maximum Gasteiger partial charge on any atom is 0.472 e. The van der Waals surface area contributed by atoms with E-state index in [4.69, 9.17) is 37.0 Å². The largest absolute Gasteiger partial charge is 0.472 e. The number of hydrogen-bond donors (Lipinski definition) is 3. The highest BCUT2D eigenvalue weighted by atomic mass is 31.2. The van der Waals surface area contributed by atoms with E-state index in [2.05, 4.69) is 48.5 Å². The Balaban J connectivity index is 5.19. The van der Waals surface area contributed by atoms with Gasteiger partial charge in [0.2, 0.25) is 0 Å². The van der Waals surface area contributed by atoms with E-state index in [0.29, 0.717) is 25.7 Å². The molecular formula is C84H164O17P2. The van der Waals surface area contributed by atoms with Crippen molar-refractivity contribution in [2.45, 2.75) is 458 Å². The molecule has 0 aromatic heterocycles. The lowest BCUT2D eigenvalue weighted by Crippen LogP contribution is -2.30. The normalized spacial score (nSPS) is 14.2. The van der Waals surface area contributed by atoms with Crippen LogP contribution >= 0.6 is 15.6 Å². The van der Waals surface area contributed by atoms with E-state index in [1.54, 1.807) is 0 Å². The average molecular weight is 1510 g/mol. The minimum atomic E-state index is -4.96. The molecular weight excluding hydrogens is 1340 g/mol. The second-order valence-corrected chi connectivity index (χ2v) is 34.3. The molecule has 0 bridgehead atoms. The van der Waals surface area contributed by atoms with E-state index in [1.807, 2.05) is 0 Å². The summed E-state index contributed by atoms with van der Waals surface area (Å²) in [5.41, 5.74) is 0. The van der Waals surface area contributed by atoms with E-state index < -0.39 is 97.5 Å². The number of unbranched alkanes of at least 4 members (excludes halogenated alkanes) is 49. The van der Waals surface area contributed by atoms with Gasteiger partial charge in [0.05, 0.1) is 26.4 Å². The molecule has 0 aliphatic rings. The summed E-state index contributed by atoms with van der Waals surface area (Å²) in [7, 11) is -9.92. The zero-order chi connectivity index (χ0) is 75.8. The molecule has 0 aliphatic heterocycles. The van der Waals surface area contributed by atoms with Gasteiger partial charge in [-0.1, -0.05) is 389 Å². The van der Waals surface area contributed by atoms with Crippen molar-refractivity contribution in [3.05, 3.63) is 0 Å². The molecule has 0 amide bonds. The minimum absolute atomic E-state index is 0.106. The number of ether oxygens (including phenoxy) is 4. The summed E-state index contributed by atoms with van der Waals surface area (Å²) in [5, 5.41) is 10.6. The number of esters is 4. The van der Waals surface area contributed by atoms with Crippen LogP contribution in [0.2, 0.25) is 0 Å². The minimum Gasteiger partial charge on any atom is -0.462 e. The standard InChI is InChI=1S/C84H164O17P2/c1-8-10-11-12-13-14-31-39-44-53-60-67-83(88)101-80(72-95-82(87)66-59-52-47-46-50-57-64-77(7)9-2)74-99-103(92,93)97-70-78(85)69-96-102(90,91)98-73-79(100-84(89)68-61-54-45-40-35-30-26-22-18-16-20-24-28-33-37-42-49-56-63-76(5)6)71-94-81(86)65-58-51-43-38-34-29-25-21-17-15-19-23-27-32-36-41-48-55-62-75(3)4/h75-80,85H,8-74H2,1-7H3,(H,90,91)(H,92,93)/t77?,78-,79-,80-/m1/s1. The highest BCUT2D eigenvalue weighted by Crippen LogP contribution is 2.45. The van der Waals surface area contributed by atoms with E-state index in [-0.39, 0.29) is 25.7 Å². The SMILES string of the molecule is CCCCCCCCCCCCCC(=O)O[C@H](COC(=O)CCCCCCCCC(C)CC)COP(=O)(O)OC[C@H](O)COP(=O)(O)OC[C@@H](COC(=O)CCCCCCCCCCCCCCCCCCCCC(C)C)OC(=O)CCCCCCCCCCCCCCCCCCCCC(C)C. The van der Waals surface area contributed by atoms with E-state index in [0.717, 1.165) is 114 Å². The molecule has 0 rings (SSSR count). The Labute approximate surface area is 632 Å². The summed E-state index contributed by atoms with van der Waals surface area (Å²) in [5.74, 6) is 0.266. The number of carbonyl (C=O) groups is 4. The Morgan fingerprint density at radius 2 is 0.495 bits per heavy atom. The maximum atomic E-state index is 13.1. The quantitative estimate of drug-likeness (QED) is 0.0222. The summed E-state index contributed by atoms with van der Waals surface area (Å²) < 4.78 is 68.7. The topological polar surface area (TPSA) is 237 Å². The van der Waals surface area contributed by atoms with Crippen molar-refractivity contribution in [3.63, 3.8) is 0 Å². The van der Waals surface area contributed by atoms with Gasteiger partial charge in [0.25, 0.3) is 0 Å². The summed E-state index contributed by atoms with van der Waals surface area (Å²) >= 11 is 0. The second-order valence-electron chi connectivity index (χ2n) is 31.4. The lowest BCUT2D eigenvalue weighted by Gasteiger charge is -2.21. The molecule has 0 saturated heterocycles. The van der Waals surface area contributed by atoms with Crippen LogP contribution in [0.25, 0.3) is 0 Å². The van der Waals surface area contributed by atoms with Gasteiger partial charge in [0.1, 0.15) is 19.3 Å². The van der Waals surface area contributed by atoms with Gasteiger partial charge in [0.15, 0.2) is 12.2 Å². The first-order valence-corrected chi connectivity index (χ1v) is 46.4. The van der Waals surface area contributed by atoms with E-state index in [9.17, 15) is 43.2 Å². The van der Waals surface area contributed by atoms with Crippen LogP contribution in [0.4, 0.5) is 0 Å². The molecule has 0 heterocycles. The van der Waals surface area contributed by atoms with Crippen LogP contribution in [-0.4, -0.2) is 96.7 Å². The van der Waals surface area contributed by atoms with Crippen LogP contribution in [-0.2, 0) is 65.4 Å². The summed E-state index contributed by atoms with van der Waals surface area (Å²) in [4.78, 5) is 73.0. The van der Waals surface area contributed by atoms with Gasteiger partial charge in [-0.2, -0.15) is 0 Å². The van der Waals surface area contributed by atoms with Crippen molar-refractivity contribution in [1.29, 1.82) is 0 Å². The van der Waals surface area contributed by atoms with Crippen LogP contribution in [0.1, 0.15) is 440 Å². The van der Waals surface area contributed by atoms with Crippen molar-refractivity contribution in [2.24, 2.45) is 17.8 Å². The molecule has 103 heavy (non-hydrogen) atoms. The van der Waals surface area contributed by atoms with Gasteiger partial charge >= 0.3 is 39.5 Å². The predicted molar refractivity (Wildman–Crippen MR) is 423 cm³/mol. The fraction of sp³-hybridized carbons (Fsp3) is 0.952. The number of aliphatic hydroxyl groups excluding tert-OH is 1. The Kier molecular flexibility index (Phi) is 72.8. The number of aliphatic hydroxyl groups is 1. The third kappa shape index (κ3) is 76.6. The molecule has 3 unspecified atom stereocenters. The fourth-order valence-electron chi connectivity index (χ4n) is 13.0. The summed E-state index contributed by atoms with van der Waals surface area (Å²) in [6.07, 6.45) is 64.0. The third-order valence-corrected chi connectivity index (χ3v) is 21.9. The predicted octanol–water partition coefficient (Wildman–Crippen LogP) is 25.3. The molecule has 612 valence electrons. The third-order valence-electron chi connectivity index (χ3n) is 20.0. The van der Waals surface area contributed by atoms with Gasteiger partial charge in [-0.15, -0.1) is 0 Å². The van der Waals surface area contributed by atoms with Gasteiger partial charge in [0, 0.05) is 25.7 Å². The van der Waals surface area contributed by atoms with Crippen molar-refractivity contribution >= 4 is 39.5 Å². The molecule has 0 aliphatic carbocycles. The summed E-state index contributed by atoms with van der Waals surface area (Å²) in [6.45, 7) is 12.0. The van der Waals surface area contributed by atoms with Crippen LogP contribution in [0, 0.1) is 17.8 Å². The molecule has 0 spiro atoms. The zero-order valence-corrected chi connectivity index (χ0v) is 69.6. The molecule has 0 fully saturated rings. The van der Waals surface area contributed by atoms with E-state index >= 15 is 0 Å². The molecule has 0 radical (unpaired) electrons. The lowest BCUT2D eigenvalue weighted by molar-refractivity contribution is -0.161. The number of rotatable bonds is 82. The highest BCUT2D eigenvalue weighted by Gasteiger charge is 2.30. The van der Waals surface area contributed by atoms with Crippen molar-refractivity contribution in [3.8, 4) is 0 Å². The van der Waals surface area contributed by atoms with Gasteiger partial charge in [-0.3, -0.25) is 37.3 Å². The van der Waals surface area contributed by atoms with Gasteiger partial charge in [-0.25, -0.2) is 9.13 Å². The molecule has 17 nitrogen and oxygen atoms in total. The molecule has 0 saturated carbocycles. The van der Waals surface area contributed by atoms with Crippen molar-refractivity contribution in [2.75, 3.05) is 39.6 Å². The molecule has 0 aromatic rings. The van der Waals surface area contributed by atoms with Crippen LogP contribution in [0.15, 0.2) is 0 Å². The van der Waals surface area contributed by atoms with Crippen LogP contribution in [0.3, 0.4) is 0 Å². The highest BCUT2D eigenvalue weighted by molar-refractivity contribution is 7.47. The molecule has 6 atom stereocenters. The molecule has 19 heteroatoms. The first-order chi connectivity index (χ1) is 49.8. The first-order valence-electron chi connectivity index (χ1n) is 43.4. The smallest absolute Gasteiger partial charge is 0.462 e. The first kappa shape index (κ1) is 101. The molecule has 0 aromatic carbocycles. The van der Waals surface area contributed by atoms with Gasteiger partial charge < -0.3 is 33.8 Å². The van der Waals surface area contributed by atoms with Crippen molar-refractivity contribution < 1.29 is 80.2 Å². The van der Waals surface area contributed by atoms with Gasteiger partial charge in [-0.05, 0) is 43.4 Å². The Bertz CT molecular complexity index is 1990. The Morgan fingerprint density at radius 3 is 0.738 bits per heavy atom. The van der Waals surface area contributed by atoms with E-state index in [1.165, 1.54) is 244 Å². The number of phosphoric acid groups is 2. The second kappa shape index (κ2) is 74.2. The number of phosphoric ester groups is 2. The Hall–Kier alpha value is -1.94. The zero-order valence-electron chi connectivity index (χ0n) is 67.8. The fourth-order valence-corrected chi connectivity index (χ4v) is 14.6. The molecule has 3 N–H and O–H groups in total. The van der Waals surface area contributed by atoms with Crippen LogP contribution in [0.5, 0.6) is 0 Å². The number of hydrogen-bond acceptors (Lipinski definition) is 15.